The Morgan fingerprint density at radius 2 is 2.33 bits per heavy atom. The minimum absolute atomic E-state index is 0.135. The number of ether oxygens (including phenoxy) is 1. The lowest BCUT2D eigenvalue weighted by molar-refractivity contribution is -0.141. The molecule has 1 aromatic heterocycles. The molecule has 2 rings (SSSR count). The lowest BCUT2D eigenvalue weighted by atomic mass is 10.1. The summed E-state index contributed by atoms with van der Waals surface area (Å²) in [6, 6.07) is 5.07. The zero-order chi connectivity index (χ0) is 15.4. The van der Waals surface area contributed by atoms with Crippen molar-refractivity contribution in [1.82, 2.24) is 9.88 Å². The molecule has 7 heteroatoms. The van der Waals surface area contributed by atoms with Gasteiger partial charge in [-0.1, -0.05) is 0 Å². The summed E-state index contributed by atoms with van der Waals surface area (Å²) in [5.74, 6) is -1.23. The van der Waals surface area contributed by atoms with Gasteiger partial charge in [-0.05, 0) is 19.1 Å². The van der Waals surface area contributed by atoms with E-state index in [1.54, 1.807) is 13.0 Å². The number of hydrogen-bond acceptors (Lipinski definition) is 5. The SMILES string of the molecule is Cc1nc(C(=O)N2CCOC(CC(=O)O)C2)ccc1C#N. The smallest absolute Gasteiger partial charge is 0.306 e. The third-order valence-electron chi connectivity index (χ3n) is 3.25. The van der Waals surface area contributed by atoms with Gasteiger partial charge in [-0.2, -0.15) is 5.26 Å². The predicted octanol–water partition coefficient (Wildman–Crippen LogP) is 0.577. The maximum atomic E-state index is 12.4. The van der Waals surface area contributed by atoms with Crippen molar-refractivity contribution < 1.29 is 19.4 Å². The molecular formula is C14H15N3O4. The maximum Gasteiger partial charge on any atom is 0.306 e. The van der Waals surface area contributed by atoms with Crippen molar-refractivity contribution >= 4 is 11.9 Å². The second kappa shape index (κ2) is 6.33. The number of nitrogens with zero attached hydrogens (tertiary/aromatic N) is 3. The Bertz CT molecular complexity index is 609. The van der Waals surface area contributed by atoms with E-state index >= 15 is 0 Å². The Kier molecular flexibility index (Phi) is 4.50. The van der Waals surface area contributed by atoms with Gasteiger partial charge in [0.2, 0.25) is 0 Å². The average molecular weight is 289 g/mol. The van der Waals surface area contributed by atoms with E-state index in [2.05, 4.69) is 4.98 Å². The van der Waals surface area contributed by atoms with Crippen LogP contribution < -0.4 is 0 Å². The summed E-state index contributed by atoms with van der Waals surface area (Å²) in [4.78, 5) is 28.7. The van der Waals surface area contributed by atoms with Crippen molar-refractivity contribution in [2.24, 2.45) is 0 Å². The van der Waals surface area contributed by atoms with Gasteiger partial charge in [-0.15, -0.1) is 0 Å². The van der Waals surface area contributed by atoms with Crippen LogP contribution in [0.4, 0.5) is 0 Å². The van der Waals surface area contributed by atoms with E-state index in [0.717, 1.165) is 0 Å². The number of carboxylic acid groups (broad SMARTS) is 1. The van der Waals surface area contributed by atoms with Crippen LogP contribution in [0.2, 0.25) is 0 Å². The highest BCUT2D eigenvalue weighted by Crippen LogP contribution is 2.13. The fourth-order valence-corrected chi connectivity index (χ4v) is 2.18. The Hall–Kier alpha value is -2.46. The van der Waals surface area contributed by atoms with Crippen molar-refractivity contribution in [3.63, 3.8) is 0 Å². The zero-order valence-corrected chi connectivity index (χ0v) is 11.6. The van der Waals surface area contributed by atoms with Crippen molar-refractivity contribution in [3.8, 4) is 6.07 Å². The van der Waals surface area contributed by atoms with Gasteiger partial charge >= 0.3 is 5.97 Å². The van der Waals surface area contributed by atoms with Gasteiger partial charge in [0.05, 0.1) is 30.4 Å². The Morgan fingerprint density at radius 1 is 1.57 bits per heavy atom. The molecule has 1 fully saturated rings. The van der Waals surface area contributed by atoms with Crippen LogP contribution in [0.25, 0.3) is 0 Å². The van der Waals surface area contributed by atoms with Crippen molar-refractivity contribution in [1.29, 1.82) is 5.26 Å². The van der Waals surface area contributed by atoms with Gasteiger partial charge in [-0.25, -0.2) is 4.98 Å². The van der Waals surface area contributed by atoms with E-state index in [-0.39, 0.29) is 24.6 Å². The van der Waals surface area contributed by atoms with Crippen LogP contribution in [0.15, 0.2) is 12.1 Å². The fourth-order valence-electron chi connectivity index (χ4n) is 2.18. The molecule has 0 aliphatic carbocycles. The third-order valence-corrected chi connectivity index (χ3v) is 3.25. The van der Waals surface area contributed by atoms with E-state index in [1.807, 2.05) is 6.07 Å². The number of morpholine rings is 1. The molecule has 0 radical (unpaired) electrons. The second-order valence-corrected chi connectivity index (χ2v) is 4.78. The van der Waals surface area contributed by atoms with Crippen LogP contribution in [0.5, 0.6) is 0 Å². The highest BCUT2D eigenvalue weighted by atomic mass is 16.5. The van der Waals surface area contributed by atoms with Crippen LogP contribution in [-0.2, 0) is 9.53 Å². The topological polar surface area (TPSA) is 104 Å². The number of pyridine rings is 1. The molecular weight excluding hydrogens is 274 g/mol. The molecule has 1 atom stereocenters. The normalized spacial score (nSPS) is 18.1. The first-order valence-electron chi connectivity index (χ1n) is 6.51. The van der Waals surface area contributed by atoms with Crippen LogP contribution >= 0.6 is 0 Å². The predicted molar refractivity (Wildman–Crippen MR) is 71.6 cm³/mol. The number of aliphatic carboxylic acids is 1. The number of carbonyl (C=O) groups is 2. The summed E-state index contributed by atoms with van der Waals surface area (Å²) in [5, 5.41) is 17.6. The molecule has 1 N–H and O–H groups in total. The molecule has 1 aliphatic heterocycles. The summed E-state index contributed by atoms with van der Waals surface area (Å²) in [7, 11) is 0. The largest absolute Gasteiger partial charge is 0.481 e. The monoisotopic (exact) mass is 289 g/mol. The minimum atomic E-state index is -0.957. The van der Waals surface area contributed by atoms with Crippen LogP contribution in [0, 0.1) is 18.3 Å². The van der Waals surface area contributed by atoms with Crippen molar-refractivity contribution in [3.05, 3.63) is 29.1 Å². The number of aryl methyl sites for hydroxylation is 1. The Labute approximate surface area is 121 Å². The van der Waals surface area contributed by atoms with Crippen LogP contribution in [-0.4, -0.2) is 52.7 Å². The molecule has 2 heterocycles. The summed E-state index contributed by atoms with van der Waals surface area (Å²) >= 11 is 0. The maximum absolute atomic E-state index is 12.4. The van der Waals surface area contributed by atoms with E-state index in [0.29, 0.717) is 24.4 Å². The van der Waals surface area contributed by atoms with E-state index in [4.69, 9.17) is 15.1 Å². The third kappa shape index (κ3) is 3.55. The first-order valence-corrected chi connectivity index (χ1v) is 6.51. The summed E-state index contributed by atoms with van der Waals surface area (Å²) in [6.45, 7) is 2.60. The number of amides is 1. The number of nitriles is 1. The lowest BCUT2D eigenvalue weighted by Gasteiger charge is -2.32. The molecule has 110 valence electrons. The van der Waals surface area contributed by atoms with Crippen molar-refractivity contribution in [2.45, 2.75) is 19.4 Å². The quantitative estimate of drug-likeness (QED) is 0.872. The molecule has 0 spiro atoms. The molecule has 1 amide bonds. The van der Waals surface area contributed by atoms with E-state index in [1.165, 1.54) is 11.0 Å². The van der Waals surface area contributed by atoms with Gasteiger partial charge in [0, 0.05) is 13.1 Å². The van der Waals surface area contributed by atoms with Crippen LogP contribution in [0.3, 0.4) is 0 Å². The molecule has 1 aromatic rings. The van der Waals surface area contributed by atoms with Crippen LogP contribution in [0.1, 0.15) is 28.2 Å². The zero-order valence-electron chi connectivity index (χ0n) is 11.6. The Balaban J connectivity index is 2.10. The number of aromatic nitrogens is 1. The average Bonchev–Trinajstić information content (AvgIpc) is 2.46. The molecule has 1 unspecified atom stereocenters. The summed E-state index contributed by atoms with van der Waals surface area (Å²) < 4.78 is 5.33. The highest BCUT2D eigenvalue weighted by Gasteiger charge is 2.27. The first-order chi connectivity index (χ1) is 10.0. The Morgan fingerprint density at radius 3 is 2.95 bits per heavy atom. The second-order valence-electron chi connectivity index (χ2n) is 4.78. The standard InChI is InChI=1S/C14H15N3O4/c1-9-10(7-15)2-3-12(16-9)14(20)17-4-5-21-11(8-17)6-13(18)19/h2-3,11H,4-6,8H2,1H3,(H,18,19). The minimum Gasteiger partial charge on any atom is -0.481 e. The number of carbonyl (C=O) groups excluding carboxylic acids is 1. The molecule has 7 nitrogen and oxygen atoms in total. The number of carboxylic acids is 1. The fraction of sp³-hybridized carbons (Fsp3) is 0.429. The van der Waals surface area contributed by atoms with Crippen molar-refractivity contribution in [2.75, 3.05) is 19.7 Å². The van der Waals surface area contributed by atoms with E-state index in [9.17, 15) is 9.59 Å². The highest BCUT2D eigenvalue weighted by molar-refractivity contribution is 5.92. The molecule has 0 aromatic carbocycles. The van der Waals surface area contributed by atoms with Gasteiger partial charge in [0.1, 0.15) is 11.8 Å². The molecule has 1 saturated heterocycles. The van der Waals surface area contributed by atoms with Gasteiger partial charge < -0.3 is 14.7 Å². The summed E-state index contributed by atoms with van der Waals surface area (Å²) in [6.07, 6.45) is -0.636. The lowest BCUT2D eigenvalue weighted by Crippen LogP contribution is -2.46. The molecule has 21 heavy (non-hydrogen) atoms. The number of rotatable bonds is 3. The first kappa shape index (κ1) is 14.9. The van der Waals surface area contributed by atoms with Gasteiger partial charge in [-0.3, -0.25) is 9.59 Å². The molecule has 0 bridgehead atoms. The van der Waals surface area contributed by atoms with Gasteiger partial charge in [0.15, 0.2) is 0 Å². The molecule has 0 saturated carbocycles. The summed E-state index contributed by atoms with van der Waals surface area (Å²) in [5.41, 5.74) is 1.18. The van der Waals surface area contributed by atoms with E-state index < -0.39 is 12.1 Å². The number of hydrogen-bond donors (Lipinski definition) is 1. The molecule has 1 aliphatic rings. The van der Waals surface area contributed by atoms with Gasteiger partial charge in [0.25, 0.3) is 5.91 Å².